The van der Waals surface area contributed by atoms with Crippen LogP contribution < -0.4 is 4.90 Å². The smallest absolute Gasteiger partial charge is 0.137 e. The zero-order valence-electron chi connectivity index (χ0n) is 32.1. The summed E-state index contributed by atoms with van der Waals surface area (Å²) in [6.07, 6.45) is 0. The van der Waals surface area contributed by atoms with Gasteiger partial charge in [0, 0.05) is 50.4 Å². The van der Waals surface area contributed by atoms with E-state index >= 15 is 0 Å². The Labute approximate surface area is 341 Å². The lowest BCUT2D eigenvalue weighted by atomic mass is 9.98. The molecule has 276 valence electrons. The number of anilines is 3. The van der Waals surface area contributed by atoms with Crippen LogP contribution in [0.1, 0.15) is 0 Å². The number of benzene rings is 10. The van der Waals surface area contributed by atoms with Crippen LogP contribution >= 0.6 is 0 Å². The third-order valence-corrected chi connectivity index (χ3v) is 12.0. The second kappa shape index (κ2) is 13.4. The highest BCUT2D eigenvalue weighted by Crippen LogP contribution is 2.41. The lowest BCUT2D eigenvalue weighted by Crippen LogP contribution is -2.09. The predicted octanol–water partition coefficient (Wildman–Crippen LogP) is 15.8. The third-order valence-electron chi connectivity index (χ3n) is 12.0. The maximum atomic E-state index is 6.66. The number of hydrogen-bond acceptors (Lipinski definition) is 2. The molecule has 0 radical (unpaired) electrons. The van der Waals surface area contributed by atoms with Crippen LogP contribution in [0.15, 0.2) is 223 Å². The van der Waals surface area contributed by atoms with Crippen molar-refractivity contribution < 1.29 is 4.42 Å². The molecule has 10 aromatic carbocycles. The van der Waals surface area contributed by atoms with Gasteiger partial charge in [-0.15, -0.1) is 0 Å². The van der Waals surface area contributed by atoms with Crippen molar-refractivity contribution in [2.75, 3.05) is 4.90 Å². The quantitative estimate of drug-likeness (QED) is 0.169. The van der Waals surface area contributed by atoms with Crippen LogP contribution in [0.2, 0.25) is 0 Å². The summed E-state index contributed by atoms with van der Waals surface area (Å²) in [7, 11) is 0. The van der Waals surface area contributed by atoms with Gasteiger partial charge in [0.1, 0.15) is 11.2 Å². The van der Waals surface area contributed by atoms with Crippen molar-refractivity contribution in [1.82, 2.24) is 4.57 Å². The summed E-state index contributed by atoms with van der Waals surface area (Å²) < 4.78 is 9.02. The molecule has 3 nitrogen and oxygen atoms in total. The van der Waals surface area contributed by atoms with Crippen LogP contribution in [-0.2, 0) is 0 Å². The van der Waals surface area contributed by atoms with E-state index in [1.54, 1.807) is 0 Å². The van der Waals surface area contributed by atoms with Crippen molar-refractivity contribution in [3.63, 3.8) is 0 Å². The predicted molar refractivity (Wildman–Crippen MR) is 249 cm³/mol. The summed E-state index contributed by atoms with van der Waals surface area (Å²) in [6, 6.07) is 78.7. The first-order valence-corrected chi connectivity index (χ1v) is 20.2. The second-order valence-corrected chi connectivity index (χ2v) is 15.4. The van der Waals surface area contributed by atoms with Gasteiger partial charge in [-0.1, -0.05) is 140 Å². The van der Waals surface area contributed by atoms with Crippen molar-refractivity contribution >= 4 is 82.4 Å². The average Bonchev–Trinajstić information content (AvgIpc) is 3.84. The van der Waals surface area contributed by atoms with E-state index < -0.39 is 0 Å². The number of hydrogen-bond donors (Lipinski definition) is 0. The number of furan rings is 1. The normalized spacial score (nSPS) is 11.7. The Kier molecular flexibility index (Phi) is 7.54. The van der Waals surface area contributed by atoms with Gasteiger partial charge in [0.15, 0.2) is 0 Å². The van der Waals surface area contributed by atoms with Crippen LogP contribution in [0, 0.1) is 0 Å². The summed E-state index contributed by atoms with van der Waals surface area (Å²) in [5, 5.41) is 9.66. The largest absolute Gasteiger partial charge is 0.456 e. The maximum absolute atomic E-state index is 6.66. The number of fused-ring (bicyclic) bond motifs is 8. The Bertz CT molecular complexity index is 3500. The molecular weight excluding hydrogens is 717 g/mol. The van der Waals surface area contributed by atoms with Gasteiger partial charge in [-0.2, -0.15) is 0 Å². The van der Waals surface area contributed by atoms with E-state index in [0.717, 1.165) is 44.7 Å². The molecular formula is C56H36N2O. The first-order valence-electron chi connectivity index (χ1n) is 20.2. The minimum Gasteiger partial charge on any atom is -0.456 e. The molecule has 0 aliphatic rings. The Hall–Kier alpha value is -7.88. The van der Waals surface area contributed by atoms with Gasteiger partial charge in [0.25, 0.3) is 0 Å². The summed E-state index contributed by atoms with van der Waals surface area (Å²) in [5.74, 6) is 0. The zero-order chi connectivity index (χ0) is 38.9. The molecule has 3 heteroatoms. The minimum atomic E-state index is 0.849. The Morgan fingerprint density at radius 1 is 0.322 bits per heavy atom. The van der Waals surface area contributed by atoms with Gasteiger partial charge in [-0.3, -0.25) is 0 Å². The van der Waals surface area contributed by atoms with Gasteiger partial charge in [0.05, 0.1) is 11.0 Å². The molecule has 0 saturated carbocycles. The fourth-order valence-electron chi connectivity index (χ4n) is 9.12. The third kappa shape index (κ3) is 5.51. The first-order chi connectivity index (χ1) is 29.2. The Morgan fingerprint density at radius 2 is 0.915 bits per heavy atom. The van der Waals surface area contributed by atoms with Gasteiger partial charge < -0.3 is 13.9 Å². The molecule has 0 spiro atoms. The molecule has 0 fully saturated rings. The summed E-state index contributed by atoms with van der Waals surface area (Å²) in [6.45, 7) is 0. The van der Waals surface area contributed by atoms with Gasteiger partial charge in [-0.25, -0.2) is 0 Å². The van der Waals surface area contributed by atoms with E-state index in [4.69, 9.17) is 4.42 Å². The molecule has 2 aromatic heterocycles. The van der Waals surface area contributed by atoms with Crippen molar-refractivity contribution in [2.45, 2.75) is 0 Å². The van der Waals surface area contributed by atoms with E-state index in [2.05, 4.69) is 228 Å². The number of rotatable bonds is 6. The lowest BCUT2D eigenvalue weighted by Gasteiger charge is -2.26. The molecule has 0 aliphatic carbocycles. The van der Waals surface area contributed by atoms with Gasteiger partial charge in [-0.05, 0) is 117 Å². The fourth-order valence-corrected chi connectivity index (χ4v) is 9.12. The van der Waals surface area contributed by atoms with E-state index in [1.807, 2.05) is 0 Å². The molecule has 12 aromatic rings. The second-order valence-electron chi connectivity index (χ2n) is 15.4. The van der Waals surface area contributed by atoms with Crippen molar-refractivity contribution in [3.8, 4) is 27.9 Å². The van der Waals surface area contributed by atoms with E-state index in [9.17, 15) is 0 Å². The lowest BCUT2D eigenvalue weighted by molar-refractivity contribution is 0.669. The van der Waals surface area contributed by atoms with Crippen LogP contribution in [0.5, 0.6) is 0 Å². The highest BCUT2D eigenvalue weighted by Gasteiger charge is 2.18. The maximum Gasteiger partial charge on any atom is 0.137 e. The van der Waals surface area contributed by atoms with Crippen LogP contribution in [-0.4, -0.2) is 4.57 Å². The molecule has 2 heterocycles. The molecule has 59 heavy (non-hydrogen) atoms. The van der Waals surface area contributed by atoms with Crippen LogP contribution in [0.3, 0.4) is 0 Å². The SMILES string of the molecule is c1ccc2cc(-c3ccc(N(c4ccc(-c5cccc6ccccc56)cc4)c4ccc5c(c4)oc4ccc(-n6c7ccccc7c7ccccc76)cc45)cc3)ccc2c1. The summed E-state index contributed by atoms with van der Waals surface area (Å²) in [5.41, 5.74) is 13.2. The summed E-state index contributed by atoms with van der Waals surface area (Å²) >= 11 is 0. The minimum absolute atomic E-state index is 0.849. The Balaban J connectivity index is 0.973. The molecule has 0 amide bonds. The first kappa shape index (κ1) is 33.3. The van der Waals surface area contributed by atoms with Crippen molar-refractivity contribution in [3.05, 3.63) is 218 Å². The van der Waals surface area contributed by atoms with Crippen LogP contribution in [0.4, 0.5) is 17.1 Å². The highest BCUT2D eigenvalue weighted by molar-refractivity contribution is 6.11. The molecule has 0 N–H and O–H groups in total. The number of para-hydroxylation sites is 2. The zero-order valence-corrected chi connectivity index (χ0v) is 32.1. The fraction of sp³-hybridized carbons (Fsp3) is 0. The van der Waals surface area contributed by atoms with E-state index in [0.29, 0.717) is 0 Å². The van der Waals surface area contributed by atoms with Gasteiger partial charge in [0.2, 0.25) is 0 Å². The molecule has 0 bridgehead atoms. The highest BCUT2D eigenvalue weighted by atomic mass is 16.3. The molecule has 0 aliphatic heterocycles. The van der Waals surface area contributed by atoms with Crippen molar-refractivity contribution in [1.29, 1.82) is 0 Å². The van der Waals surface area contributed by atoms with E-state index in [1.165, 1.54) is 65.6 Å². The van der Waals surface area contributed by atoms with Crippen LogP contribution in [0.25, 0.3) is 93.2 Å². The average molecular weight is 753 g/mol. The number of nitrogens with zero attached hydrogens (tertiary/aromatic N) is 2. The molecule has 12 rings (SSSR count). The standard InChI is InChI=1S/C56H36N2O/c1-2-12-41-34-42(21-20-37(41)10-1)38-22-26-43(27-23-38)57(44-28-24-40(25-29-44)48-17-9-13-39-11-3-4-14-47(39)48)46-30-32-51-52-35-45(31-33-55(52)59-56(51)36-46)58-53-18-7-5-15-49(53)50-16-6-8-19-54(50)58/h1-36H. The monoisotopic (exact) mass is 752 g/mol. The summed E-state index contributed by atoms with van der Waals surface area (Å²) in [4.78, 5) is 2.33. The van der Waals surface area contributed by atoms with E-state index in [-0.39, 0.29) is 0 Å². The molecule has 0 unspecified atom stereocenters. The molecule has 0 atom stereocenters. The van der Waals surface area contributed by atoms with Gasteiger partial charge >= 0.3 is 0 Å². The molecule has 0 saturated heterocycles. The topological polar surface area (TPSA) is 21.3 Å². The van der Waals surface area contributed by atoms with Crippen molar-refractivity contribution in [2.24, 2.45) is 0 Å². The Morgan fingerprint density at radius 3 is 1.66 bits per heavy atom. The number of aromatic nitrogens is 1.